The second-order valence-electron chi connectivity index (χ2n) is 8.83. The van der Waals surface area contributed by atoms with Crippen molar-refractivity contribution in [2.24, 2.45) is 4.99 Å². The molecule has 1 N–H and O–H groups in total. The van der Waals surface area contributed by atoms with Crippen molar-refractivity contribution in [3.8, 4) is 5.69 Å². The van der Waals surface area contributed by atoms with E-state index in [1.54, 1.807) is 28.9 Å². The lowest BCUT2D eigenvalue weighted by molar-refractivity contribution is -0.385. The number of anilines is 1. The quantitative estimate of drug-likeness (QED) is 0.281. The lowest BCUT2D eigenvalue weighted by Crippen LogP contribution is -2.34. The standard InChI is InChI=1S/C26H22N6O4/c1-17-24-25(30(29-17)20-6-4-3-5-7-20)28-26(2,19-10-14-22(15-11-19)32(35)36)16-23(27-24)18-8-12-21(13-9-18)31(33)34/h3-15,28H,16H2,1-2H3. The van der Waals surface area contributed by atoms with Crippen molar-refractivity contribution in [3.63, 3.8) is 0 Å². The molecule has 3 aromatic carbocycles. The van der Waals surface area contributed by atoms with Crippen molar-refractivity contribution in [2.45, 2.75) is 25.8 Å². The molecule has 0 bridgehead atoms. The maximum absolute atomic E-state index is 11.2. The Morgan fingerprint density at radius 1 is 0.889 bits per heavy atom. The van der Waals surface area contributed by atoms with Crippen LogP contribution < -0.4 is 5.32 Å². The Morgan fingerprint density at radius 3 is 2.06 bits per heavy atom. The summed E-state index contributed by atoms with van der Waals surface area (Å²) in [5.41, 5.74) is 3.81. The van der Waals surface area contributed by atoms with E-state index >= 15 is 0 Å². The number of aliphatic imine (C=N–C) groups is 1. The van der Waals surface area contributed by atoms with Crippen LogP contribution in [0.4, 0.5) is 22.9 Å². The molecule has 0 saturated heterocycles. The van der Waals surface area contributed by atoms with E-state index in [0.29, 0.717) is 29.3 Å². The van der Waals surface area contributed by atoms with Crippen LogP contribution in [-0.2, 0) is 5.54 Å². The minimum absolute atomic E-state index is 0.00186. The van der Waals surface area contributed by atoms with E-state index in [1.807, 2.05) is 44.2 Å². The van der Waals surface area contributed by atoms with Gasteiger partial charge in [0.25, 0.3) is 11.4 Å². The van der Waals surface area contributed by atoms with Crippen molar-refractivity contribution in [3.05, 3.63) is 116 Å². The number of non-ortho nitro benzene ring substituents is 2. The van der Waals surface area contributed by atoms with Crippen molar-refractivity contribution < 1.29 is 9.85 Å². The van der Waals surface area contributed by atoms with Gasteiger partial charge in [-0.25, -0.2) is 9.67 Å². The zero-order chi connectivity index (χ0) is 25.4. The molecule has 1 aromatic heterocycles. The fourth-order valence-corrected chi connectivity index (χ4v) is 4.40. The molecular formula is C26H22N6O4. The van der Waals surface area contributed by atoms with Crippen molar-refractivity contribution in [2.75, 3.05) is 5.32 Å². The predicted molar refractivity (Wildman–Crippen MR) is 136 cm³/mol. The highest BCUT2D eigenvalue weighted by molar-refractivity contribution is 6.04. The molecule has 0 saturated carbocycles. The van der Waals surface area contributed by atoms with E-state index < -0.39 is 15.4 Å². The minimum atomic E-state index is -0.722. The van der Waals surface area contributed by atoms with E-state index in [-0.39, 0.29) is 11.4 Å². The van der Waals surface area contributed by atoms with Crippen molar-refractivity contribution in [1.82, 2.24) is 9.78 Å². The molecule has 5 rings (SSSR count). The number of hydrogen-bond donors (Lipinski definition) is 1. The fraction of sp³-hybridized carbons (Fsp3) is 0.154. The van der Waals surface area contributed by atoms with Gasteiger partial charge in [0.2, 0.25) is 0 Å². The molecule has 180 valence electrons. The van der Waals surface area contributed by atoms with Gasteiger partial charge in [-0.1, -0.05) is 18.2 Å². The van der Waals surface area contributed by atoms with Crippen LogP contribution in [0.3, 0.4) is 0 Å². The molecule has 10 nitrogen and oxygen atoms in total. The number of fused-ring (bicyclic) bond motifs is 1. The van der Waals surface area contributed by atoms with Gasteiger partial charge in [-0.15, -0.1) is 0 Å². The first-order valence-corrected chi connectivity index (χ1v) is 11.3. The topological polar surface area (TPSA) is 128 Å². The molecule has 0 aliphatic carbocycles. The van der Waals surface area contributed by atoms with Crippen LogP contribution >= 0.6 is 0 Å². The molecular weight excluding hydrogens is 460 g/mol. The summed E-state index contributed by atoms with van der Waals surface area (Å²) in [6.45, 7) is 3.88. The Hall–Kier alpha value is -4.86. The number of nitro benzene ring substituents is 2. The molecule has 1 unspecified atom stereocenters. The van der Waals surface area contributed by atoms with Gasteiger partial charge in [0.1, 0.15) is 5.69 Å². The number of nitrogens with one attached hydrogen (secondary N) is 1. The SMILES string of the molecule is Cc1nn(-c2ccccc2)c2c1N=C(c1ccc([N+](=O)[O-])cc1)CC(C)(c1ccc([N+](=O)[O-])cc1)N2. The number of aromatic nitrogens is 2. The van der Waals surface area contributed by atoms with Crippen LogP contribution in [0, 0.1) is 27.2 Å². The summed E-state index contributed by atoms with van der Waals surface area (Å²) < 4.78 is 1.80. The van der Waals surface area contributed by atoms with Crippen LogP contribution in [0.25, 0.3) is 5.69 Å². The summed E-state index contributed by atoms with van der Waals surface area (Å²) in [5.74, 6) is 0.691. The van der Waals surface area contributed by atoms with Gasteiger partial charge in [-0.05, 0) is 61.4 Å². The zero-order valence-electron chi connectivity index (χ0n) is 19.6. The second kappa shape index (κ2) is 8.73. The summed E-state index contributed by atoms with van der Waals surface area (Å²) in [6, 6.07) is 22.4. The monoisotopic (exact) mass is 482 g/mol. The normalized spacial score (nSPS) is 16.9. The molecule has 0 spiro atoms. The van der Waals surface area contributed by atoms with Crippen LogP contribution in [-0.4, -0.2) is 25.3 Å². The van der Waals surface area contributed by atoms with Crippen LogP contribution in [0.1, 0.15) is 30.2 Å². The number of benzene rings is 3. The maximum Gasteiger partial charge on any atom is 0.269 e. The highest BCUT2D eigenvalue weighted by Crippen LogP contribution is 2.42. The van der Waals surface area contributed by atoms with E-state index in [2.05, 4.69) is 5.32 Å². The van der Waals surface area contributed by atoms with Gasteiger partial charge in [0, 0.05) is 30.7 Å². The van der Waals surface area contributed by atoms with Crippen LogP contribution in [0.2, 0.25) is 0 Å². The molecule has 1 atom stereocenters. The summed E-state index contributed by atoms with van der Waals surface area (Å²) in [6.07, 6.45) is 0.422. The average Bonchev–Trinajstić information content (AvgIpc) is 3.08. The second-order valence-corrected chi connectivity index (χ2v) is 8.83. The zero-order valence-corrected chi connectivity index (χ0v) is 19.6. The van der Waals surface area contributed by atoms with Gasteiger partial charge in [-0.2, -0.15) is 5.10 Å². The lowest BCUT2D eigenvalue weighted by atomic mass is 9.85. The van der Waals surface area contributed by atoms with Gasteiger partial charge in [-0.3, -0.25) is 20.2 Å². The minimum Gasteiger partial charge on any atom is -0.359 e. The van der Waals surface area contributed by atoms with Gasteiger partial charge >= 0.3 is 0 Å². The third-order valence-electron chi connectivity index (χ3n) is 6.32. The smallest absolute Gasteiger partial charge is 0.269 e. The van der Waals surface area contributed by atoms with E-state index in [0.717, 1.165) is 16.8 Å². The van der Waals surface area contributed by atoms with Gasteiger partial charge in [0.15, 0.2) is 5.82 Å². The Balaban J connectivity index is 1.68. The largest absolute Gasteiger partial charge is 0.359 e. The highest BCUT2D eigenvalue weighted by atomic mass is 16.6. The summed E-state index contributed by atoms with van der Waals surface area (Å²) >= 11 is 0. The fourth-order valence-electron chi connectivity index (χ4n) is 4.40. The molecule has 4 aromatic rings. The third-order valence-corrected chi connectivity index (χ3v) is 6.32. The molecule has 0 radical (unpaired) electrons. The molecule has 10 heteroatoms. The molecule has 1 aliphatic rings. The number of aryl methyl sites for hydroxylation is 1. The lowest BCUT2D eigenvalue weighted by Gasteiger charge is -2.32. The number of nitro groups is 2. The first-order valence-electron chi connectivity index (χ1n) is 11.3. The van der Waals surface area contributed by atoms with Crippen molar-refractivity contribution in [1.29, 1.82) is 0 Å². The number of para-hydroxylation sites is 1. The van der Waals surface area contributed by atoms with Crippen LogP contribution in [0.15, 0.2) is 83.9 Å². The number of hydrogen-bond acceptors (Lipinski definition) is 7. The molecule has 0 fully saturated rings. The summed E-state index contributed by atoms with van der Waals surface area (Å²) in [7, 11) is 0. The molecule has 0 amide bonds. The summed E-state index contributed by atoms with van der Waals surface area (Å²) in [4.78, 5) is 26.5. The van der Waals surface area contributed by atoms with E-state index in [4.69, 9.17) is 10.1 Å². The first-order chi connectivity index (χ1) is 17.2. The number of rotatable bonds is 5. The van der Waals surface area contributed by atoms with Crippen molar-refractivity contribution >= 4 is 28.6 Å². The van der Waals surface area contributed by atoms with Gasteiger partial charge in [0.05, 0.1) is 32.5 Å². The third kappa shape index (κ3) is 4.09. The van der Waals surface area contributed by atoms with E-state index in [1.165, 1.54) is 24.3 Å². The average molecular weight is 483 g/mol. The Bertz CT molecular complexity index is 1490. The molecule has 36 heavy (non-hydrogen) atoms. The summed E-state index contributed by atoms with van der Waals surface area (Å²) in [5, 5.41) is 30.7. The number of nitrogens with zero attached hydrogens (tertiary/aromatic N) is 5. The Kier molecular flexibility index (Phi) is 5.56. The Morgan fingerprint density at radius 2 is 1.47 bits per heavy atom. The molecule has 1 aliphatic heterocycles. The van der Waals surface area contributed by atoms with Crippen LogP contribution in [0.5, 0.6) is 0 Å². The Labute approximate surface area is 206 Å². The highest BCUT2D eigenvalue weighted by Gasteiger charge is 2.35. The predicted octanol–water partition coefficient (Wildman–Crippen LogP) is 5.85. The molecule has 2 heterocycles. The van der Waals surface area contributed by atoms with E-state index in [9.17, 15) is 20.2 Å². The maximum atomic E-state index is 11.2. The van der Waals surface area contributed by atoms with Gasteiger partial charge < -0.3 is 5.32 Å². The first kappa shape index (κ1) is 22.9.